The van der Waals surface area contributed by atoms with E-state index in [9.17, 15) is 14.3 Å². The lowest BCUT2D eigenvalue weighted by atomic mass is 10.0. The van der Waals surface area contributed by atoms with E-state index in [0.717, 1.165) is 6.07 Å². The SMILES string of the molecule is COc1cc(-c2cc3cc(F)cc(C#N)c3oc2=O)ccc1O. The number of halogens is 1. The number of fused-ring (bicyclic) bond motifs is 1. The second-order valence-electron chi connectivity index (χ2n) is 4.82. The maximum atomic E-state index is 13.6. The average molecular weight is 311 g/mol. The van der Waals surface area contributed by atoms with Crippen molar-refractivity contribution in [3.8, 4) is 28.7 Å². The Balaban J connectivity index is 2.29. The van der Waals surface area contributed by atoms with Crippen LogP contribution in [0.25, 0.3) is 22.1 Å². The molecule has 0 aliphatic carbocycles. The molecule has 0 aliphatic rings. The van der Waals surface area contributed by atoms with Crippen LogP contribution in [-0.2, 0) is 0 Å². The molecule has 1 aromatic heterocycles. The van der Waals surface area contributed by atoms with E-state index in [1.165, 1.54) is 37.4 Å². The Bertz CT molecular complexity index is 1020. The van der Waals surface area contributed by atoms with Crippen molar-refractivity contribution in [1.29, 1.82) is 5.26 Å². The molecule has 5 nitrogen and oxygen atoms in total. The van der Waals surface area contributed by atoms with Gasteiger partial charge in [-0.15, -0.1) is 0 Å². The molecule has 2 aromatic carbocycles. The van der Waals surface area contributed by atoms with Gasteiger partial charge in [-0.2, -0.15) is 5.26 Å². The molecule has 23 heavy (non-hydrogen) atoms. The summed E-state index contributed by atoms with van der Waals surface area (Å²) in [6.07, 6.45) is 0. The number of phenolic OH excluding ortho intramolecular Hbond substituents is 1. The number of ether oxygens (including phenoxy) is 1. The number of methoxy groups -OCH3 is 1. The molecule has 114 valence electrons. The fourth-order valence-electron chi connectivity index (χ4n) is 2.33. The number of hydrogen-bond donors (Lipinski definition) is 1. The van der Waals surface area contributed by atoms with Crippen LogP contribution in [0.2, 0.25) is 0 Å². The van der Waals surface area contributed by atoms with Crippen molar-refractivity contribution in [1.82, 2.24) is 0 Å². The number of nitriles is 1. The topological polar surface area (TPSA) is 83.5 Å². The lowest BCUT2D eigenvalue weighted by molar-refractivity contribution is 0.373. The van der Waals surface area contributed by atoms with Crippen LogP contribution in [0.5, 0.6) is 11.5 Å². The lowest BCUT2D eigenvalue weighted by Gasteiger charge is -2.07. The maximum Gasteiger partial charge on any atom is 0.344 e. The van der Waals surface area contributed by atoms with Gasteiger partial charge in [0.05, 0.1) is 18.2 Å². The van der Waals surface area contributed by atoms with Crippen LogP contribution in [0.3, 0.4) is 0 Å². The molecule has 0 unspecified atom stereocenters. The Hall–Kier alpha value is -3.33. The Kier molecular flexibility index (Phi) is 3.47. The normalized spacial score (nSPS) is 10.5. The summed E-state index contributed by atoms with van der Waals surface area (Å²) in [7, 11) is 1.39. The van der Waals surface area contributed by atoms with E-state index in [-0.39, 0.29) is 28.2 Å². The van der Waals surface area contributed by atoms with Gasteiger partial charge in [-0.1, -0.05) is 6.07 Å². The van der Waals surface area contributed by atoms with Crippen molar-refractivity contribution in [2.24, 2.45) is 0 Å². The fraction of sp³-hybridized carbons (Fsp3) is 0.0588. The monoisotopic (exact) mass is 311 g/mol. The Morgan fingerprint density at radius 3 is 2.74 bits per heavy atom. The summed E-state index contributed by atoms with van der Waals surface area (Å²) in [5.41, 5.74) is -0.0722. The molecule has 0 bridgehead atoms. The van der Waals surface area contributed by atoms with Crippen LogP contribution >= 0.6 is 0 Å². The van der Waals surface area contributed by atoms with E-state index in [4.69, 9.17) is 14.4 Å². The molecule has 0 amide bonds. The maximum absolute atomic E-state index is 13.6. The van der Waals surface area contributed by atoms with E-state index >= 15 is 0 Å². The van der Waals surface area contributed by atoms with Gasteiger partial charge in [0.1, 0.15) is 11.9 Å². The zero-order chi connectivity index (χ0) is 16.6. The molecule has 6 heteroatoms. The molecule has 0 atom stereocenters. The summed E-state index contributed by atoms with van der Waals surface area (Å²) >= 11 is 0. The molecule has 0 spiro atoms. The predicted molar refractivity (Wildman–Crippen MR) is 80.8 cm³/mol. The first kappa shape index (κ1) is 14.6. The highest BCUT2D eigenvalue weighted by Gasteiger charge is 2.14. The van der Waals surface area contributed by atoms with Crippen LogP contribution in [-0.4, -0.2) is 12.2 Å². The van der Waals surface area contributed by atoms with Crippen molar-refractivity contribution >= 4 is 11.0 Å². The van der Waals surface area contributed by atoms with Crippen LogP contribution in [0, 0.1) is 17.1 Å². The van der Waals surface area contributed by atoms with Crippen LogP contribution in [0.15, 0.2) is 45.6 Å². The van der Waals surface area contributed by atoms with E-state index in [1.807, 2.05) is 0 Å². The molecule has 0 radical (unpaired) electrons. The molecule has 0 saturated carbocycles. The lowest BCUT2D eigenvalue weighted by Crippen LogP contribution is -2.04. The summed E-state index contributed by atoms with van der Waals surface area (Å²) in [5.74, 6) is -0.477. The van der Waals surface area contributed by atoms with Crippen molar-refractivity contribution in [3.63, 3.8) is 0 Å². The Morgan fingerprint density at radius 1 is 1.26 bits per heavy atom. The first-order valence-electron chi connectivity index (χ1n) is 6.58. The van der Waals surface area contributed by atoms with Gasteiger partial charge in [0.2, 0.25) is 0 Å². The fourth-order valence-corrected chi connectivity index (χ4v) is 2.33. The van der Waals surface area contributed by atoms with Crippen molar-refractivity contribution in [3.05, 3.63) is 58.2 Å². The van der Waals surface area contributed by atoms with Crippen molar-refractivity contribution in [2.45, 2.75) is 0 Å². The number of phenols is 1. The number of hydrogen-bond acceptors (Lipinski definition) is 5. The Labute approximate surface area is 129 Å². The smallest absolute Gasteiger partial charge is 0.344 e. The molecule has 1 N–H and O–H groups in total. The van der Waals surface area contributed by atoms with Crippen molar-refractivity contribution in [2.75, 3.05) is 7.11 Å². The highest BCUT2D eigenvalue weighted by molar-refractivity contribution is 5.86. The van der Waals surface area contributed by atoms with Gasteiger partial charge in [-0.3, -0.25) is 0 Å². The zero-order valence-corrected chi connectivity index (χ0v) is 12.0. The van der Waals surface area contributed by atoms with Crippen molar-refractivity contribution < 1.29 is 18.7 Å². The predicted octanol–water partition coefficient (Wildman–Crippen LogP) is 3.18. The summed E-state index contributed by atoms with van der Waals surface area (Å²) in [6, 6.07) is 9.79. The largest absolute Gasteiger partial charge is 0.504 e. The second-order valence-corrected chi connectivity index (χ2v) is 4.82. The Morgan fingerprint density at radius 2 is 2.04 bits per heavy atom. The minimum atomic E-state index is -0.673. The third-order valence-corrected chi connectivity index (χ3v) is 3.41. The summed E-state index contributed by atoms with van der Waals surface area (Å²) < 4.78 is 23.8. The van der Waals surface area contributed by atoms with Gasteiger partial charge < -0.3 is 14.3 Å². The van der Waals surface area contributed by atoms with Gasteiger partial charge in [0.15, 0.2) is 17.1 Å². The molecule has 1 heterocycles. The van der Waals surface area contributed by atoms with Gasteiger partial charge in [-0.25, -0.2) is 9.18 Å². The van der Waals surface area contributed by atoms with E-state index in [2.05, 4.69) is 0 Å². The first-order chi connectivity index (χ1) is 11.0. The average Bonchev–Trinajstić information content (AvgIpc) is 2.54. The number of aromatic hydroxyl groups is 1. The third-order valence-electron chi connectivity index (χ3n) is 3.41. The molecular weight excluding hydrogens is 301 g/mol. The number of rotatable bonds is 2. The highest BCUT2D eigenvalue weighted by Crippen LogP contribution is 2.31. The van der Waals surface area contributed by atoms with E-state index in [1.54, 1.807) is 6.07 Å². The second kappa shape index (κ2) is 5.46. The molecule has 0 saturated heterocycles. The molecule has 0 aliphatic heterocycles. The molecule has 3 rings (SSSR count). The third kappa shape index (κ3) is 2.49. The van der Waals surface area contributed by atoms with E-state index in [0.29, 0.717) is 10.9 Å². The van der Waals surface area contributed by atoms with Crippen LogP contribution < -0.4 is 10.4 Å². The molecular formula is C17H10FNO4. The number of benzene rings is 2. The van der Waals surface area contributed by atoms with Crippen LogP contribution in [0.4, 0.5) is 4.39 Å². The summed E-state index contributed by atoms with van der Waals surface area (Å²) in [4.78, 5) is 12.2. The standard InChI is InChI=1S/C17H10FNO4/c1-22-15-7-9(2-3-14(15)20)13-6-10-4-12(18)5-11(8-19)16(10)23-17(13)21/h2-7,20H,1H3. The van der Waals surface area contributed by atoms with Gasteiger partial charge in [0, 0.05) is 5.39 Å². The van der Waals surface area contributed by atoms with Gasteiger partial charge >= 0.3 is 5.63 Å². The zero-order valence-electron chi connectivity index (χ0n) is 12.0. The quantitative estimate of drug-likeness (QED) is 0.735. The van der Waals surface area contributed by atoms with E-state index < -0.39 is 11.4 Å². The molecule has 3 aromatic rings. The van der Waals surface area contributed by atoms with Gasteiger partial charge in [0.25, 0.3) is 0 Å². The minimum absolute atomic E-state index is 0.0355. The minimum Gasteiger partial charge on any atom is -0.504 e. The number of nitrogens with zero attached hydrogens (tertiary/aromatic N) is 1. The summed E-state index contributed by atoms with van der Waals surface area (Å²) in [5, 5.41) is 18.9. The molecule has 0 fully saturated rings. The van der Waals surface area contributed by atoms with Crippen LogP contribution in [0.1, 0.15) is 5.56 Å². The van der Waals surface area contributed by atoms with Gasteiger partial charge in [-0.05, 0) is 35.9 Å². The summed E-state index contributed by atoms with van der Waals surface area (Å²) in [6.45, 7) is 0. The highest BCUT2D eigenvalue weighted by atomic mass is 19.1. The first-order valence-corrected chi connectivity index (χ1v) is 6.58.